The van der Waals surface area contributed by atoms with Crippen LogP contribution in [0.2, 0.25) is 10.0 Å². The van der Waals surface area contributed by atoms with Crippen LogP contribution in [-0.4, -0.2) is 27.9 Å². The van der Waals surface area contributed by atoms with Gasteiger partial charge < -0.3 is 14.5 Å². The van der Waals surface area contributed by atoms with E-state index in [0.29, 0.717) is 51.9 Å². The van der Waals surface area contributed by atoms with E-state index in [4.69, 9.17) is 27.9 Å². The zero-order valence-corrected chi connectivity index (χ0v) is 22.6. The molecule has 0 bridgehead atoms. The molecule has 2 aromatic heterocycles. The zero-order chi connectivity index (χ0) is 26.6. The van der Waals surface area contributed by atoms with Gasteiger partial charge in [-0.1, -0.05) is 47.5 Å². The Bertz CT molecular complexity index is 1460. The number of rotatable bonds is 7. The predicted octanol–water partition coefficient (Wildman–Crippen LogP) is 7.79. The lowest BCUT2D eigenvalue weighted by Crippen LogP contribution is -2.17. The van der Waals surface area contributed by atoms with Gasteiger partial charge in [-0.2, -0.15) is 0 Å². The van der Waals surface area contributed by atoms with Crippen LogP contribution >= 0.6 is 23.2 Å². The number of hydrogen-bond donors (Lipinski definition) is 1. The van der Waals surface area contributed by atoms with Gasteiger partial charge in [0.1, 0.15) is 11.3 Å². The number of anilines is 1. The number of nitrogens with one attached hydrogen (secondary N) is 1. The van der Waals surface area contributed by atoms with Crippen molar-refractivity contribution in [1.82, 2.24) is 9.38 Å². The molecule has 1 aliphatic carbocycles. The monoisotopic (exact) mass is 549 g/mol. The number of carbonyl (C=O) groups excluding carboxylic acids is 2. The fourth-order valence-electron chi connectivity index (χ4n) is 5.14. The Balaban J connectivity index is 1.24. The Labute approximate surface area is 231 Å². The minimum absolute atomic E-state index is 0.0746. The third kappa shape index (κ3) is 6.03. The largest absolute Gasteiger partial charge is 0.466 e. The average Bonchev–Trinajstić information content (AvgIpc) is 3.35. The molecule has 2 heterocycles. The third-order valence-electron chi connectivity index (χ3n) is 7.18. The number of halogens is 2. The number of fused-ring (bicyclic) bond motifs is 1. The number of hydrogen-bond acceptors (Lipinski definition) is 4. The molecule has 1 N–H and O–H groups in total. The van der Waals surface area contributed by atoms with Gasteiger partial charge in [0.15, 0.2) is 0 Å². The van der Waals surface area contributed by atoms with Crippen molar-refractivity contribution < 1.29 is 14.3 Å². The molecule has 38 heavy (non-hydrogen) atoms. The summed E-state index contributed by atoms with van der Waals surface area (Å²) in [5.41, 5.74) is 5.02. The molecular formula is C30H29Cl2N3O3. The van der Waals surface area contributed by atoms with Crippen LogP contribution in [0.3, 0.4) is 0 Å². The Morgan fingerprint density at radius 2 is 1.68 bits per heavy atom. The number of nitrogens with zero attached hydrogens (tertiary/aromatic N) is 2. The lowest BCUT2D eigenvalue weighted by Gasteiger charge is -2.28. The standard InChI is InChI=1S/C30H29Cl2N3O3/c1-2-38-29(36)15-19-3-5-20(6-4-19)21-7-9-22(10-8-21)23-11-14-28-34-27(18-35(28)17-23)30(37)33-24-12-13-25(31)26(32)16-24/h7-14,16-20H,2-6,15H2,1H3,(H,33,37). The number of imidazole rings is 1. The zero-order valence-electron chi connectivity index (χ0n) is 21.1. The molecule has 1 aliphatic rings. The molecule has 1 saturated carbocycles. The van der Waals surface area contributed by atoms with Crippen LogP contribution in [0.5, 0.6) is 0 Å². The van der Waals surface area contributed by atoms with E-state index in [2.05, 4.69) is 34.6 Å². The van der Waals surface area contributed by atoms with E-state index in [9.17, 15) is 9.59 Å². The fraction of sp³-hybridized carbons (Fsp3) is 0.300. The van der Waals surface area contributed by atoms with E-state index < -0.39 is 0 Å². The second kappa shape index (κ2) is 11.6. The van der Waals surface area contributed by atoms with Crippen molar-refractivity contribution in [3.8, 4) is 11.1 Å². The summed E-state index contributed by atoms with van der Waals surface area (Å²) in [6, 6.07) is 17.6. The molecule has 0 radical (unpaired) electrons. The first-order valence-electron chi connectivity index (χ1n) is 12.9. The van der Waals surface area contributed by atoms with Crippen LogP contribution in [0.15, 0.2) is 67.0 Å². The summed E-state index contributed by atoms with van der Waals surface area (Å²) in [6.07, 6.45) is 8.54. The minimum atomic E-state index is -0.324. The molecule has 0 aliphatic heterocycles. The normalized spacial score (nSPS) is 17.3. The molecule has 4 aromatic rings. The van der Waals surface area contributed by atoms with Gasteiger partial charge >= 0.3 is 5.97 Å². The van der Waals surface area contributed by atoms with Crippen molar-refractivity contribution in [3.63, 3.8) is 0 Å². The molecule has 2 aromatic carbocycles. The lowest BCUT2D eigenvalue weighted by atomic mass is 9.77. The topological polar surface area (TPSA) is 72.7 Å². The first-order chi connectivity index (χ1) is 18.4. The second-order valence-corrected chi connectivity index (χ2v) is 10.6. The van der Waals surface area contributed by atoms with Gasteiger partial charge in [0.2, 0.25) is 0 Å². The Hall–Kier alpha value is -3.35. The van der Waals surface area contributed by atoms with Gasteiger partial charge in [0.25, 0.3) is 5.91 Å². The maximum Gasteiger partial charge on any atom is 0.306 e. The molecule has 0 atom stereocenters. The summed E-state index contributed by atoms with van der Waals surface area (Å²) < 4.78 is 6.97. The molecule has 0 spiro atoms. The first kappa shape index (κ1) is 26.3. The van der Waals surface area contributed by atoms with Crippen molar-refractivity contribution in [1.29, 1.82) is 0 Å². The van der Waals surface area contributed by atoms with Crippen LogP contribution in [0, 0.1) is 5.92 Å². The third-order valence-corrected chi connectivity index (χ3v) is 7.92. The number of aromatic nitrogens is 2. The average molecular weight is 550 g/mol. The van der Waals surface area contributed by atoms with Crippen LogP contribution in [0.1, 0.15) is 61.0 Å². The predicted molar refractivity (Wildman–Crippen MR) is 151 cm³/mol. The van der Waals surface area contributed by atoms with Crippen LogP contribution in [-0.2, 0) is 9.53 Å². The number of amides is 1. The van der Waals surface area contributed by atoms with Gasteiger partial charge in [-0.15, -0.1) is 0 Å². The van der Waals surface area contributed by atoms with E-state index >= 15 is 0 Å². The van der Waals surface area contributed by atoms with Crippen molar-refractivity contribution in [2.45, 2.75) is 44.9 Å². The van der Waals surface area contributed by atoms with Gasteiger partial charge in [0.05, 0.1) is 16.7 Å². The van der Waals surface area contributed by atoms with E-state index in [-0.39, 0.29) is 11.9 Å². The summed E-state index contributed by atoms with van der Waals surface area (Å²) in [5.74, 6) is 0.557. The smallest absolute Gasteiger partial charge is 0.306 e. The molecular weight excluding hydrogens is 521 g/mol. The lowest BCUT2D eigenvalue weighted by molar-refractivity contribution is -0.144. The molecule has 0 unspecified atom stereocenters. The number of ether oxygens (including phenoxy) is 1. The highest BCUT2D eigenvalue weighted by atomic mass is 35.5. The highest BCUT2D eigenvalue weighted by Gasteiger charge is 2.24. The van der Waals surface area contributed by atoms with Crippen molar-refractivity contribution >= 4 is 46.4 Å². The molecule has 6 nitrogen and oxygen atoms in total. The van der Waals surface area contributed by atoms with E-state index in [1.54, 1.807) is 24.4 Å². The van der Waals surface area contributed by atoms with Crippen LogP contribution in [0.25, 0.3) is 16.8 Å². The van der Waals surface area contributed by atoms with E-state index in [0.717, 1.165) is 36.8 Å². The fourth-order valence-corrected chi connectivity index (χ4v) is 5.44. The molecule has 5 rings (SSSR count). The highest BCUT2D eigenvalue weighted by Crippen LogP contribution is 2.38. The van der Waals surface area contributed by atoms with Gasteiger partial charge in [-0.3, -0.25) is 9.59 Å². The number of esters is 1. The molecule has 0 saturated heterocycles. The van der Waals surface area contributed by atoms with Crippen molar-refractivity contribution in [3.05, 3.63) is 88.3 Å². The molecule has 1 amide bonds. The maximum absolute atomic E-state index is 12.7. The Morgan fingerprint density at radius 3 is 2.39 bits per heavy atom. The Morgan fingerprint density at radius 1 is 0.947 bits per heavy atom. The molecule has 1 fully saturated rings. The van der Waals surface area contributed by atoms with Gasteiger partial charge in [-0.25, -0.2) is 4.98 Å². The second-order valence-electron chi connectivity index (χ2n) is 9.74. The van der Waals surface area contributed by atoms with E-state index in [1.807, 2.05) is 29.7 Å². The van der Waals surface area contributed by atoms with Crippen LogP contribution < -0.4 is 5.32 Å². The summed E-state index contributed by atoms with van der Waals surface area (Å²) >= 11 is 12.0. The highest BCUT2D eigenvalue weighted by molar-refractivity contribution is 6.42. The maximum atomic E-state index is 12.7. The summed E-state index contributed by atoms with van der Waals surface area (Å²) in [7, 11) is 0. The minimum Gasteiger partial charge on any atom is -0.466 e. The molecule has 196 valence electrons. The van der Waals surface area contributed by atoms with Gasteiger partial charge in [0, 0.05) is 24.5 Å². The van der Waals surface area contributed by atoms with Crippen molar-refractivity contribution in [2.24, 2.45) is 5.92 Å². The van der Waals surface area contributed by atoms with E-state index in [1.165, 1.54) is 5.56 Å². The summed E-state index contributed by atoms with van der Waals surface area (Å²) in [6.45, 7) is 2.30. The number of benzene rings is 2. The Kier molecular flexibility index (Phi) is 8.01. The first-order valence-corrected chi connectivity index (χ1v) is 13.7. The number of pyridine rings is 1. The summed E-state index contributed by atoms with van der Waals surface area (Å²) in [4.78, 5) is 29.0. The molecule has 8 heteroatoms. The number of carbonyl (C=O) groups is 2. The quantitative estimate of drug-likeness (QED) is 0.239. The summed E-state index contributed by atoms with van der Waals surface area (Å²) in [5, 5.41) is 3.61. The van der Waals surface area contributed by atoms with Crippen molar-refractivity contribution in [2.75, 3.05) is 11.9 Å². The van der Waals surface area contributed by atoms with Gasteiger partial charge in [-0.05, 0) is 91.5 Å². The SMILES string of the molecule is CCOC(=O)CC1CCC(c2ccc(-c3ccc4nc(C(=O)Nc5ccc(Cl)c(Cl)c5)cn4c3)cc2)CC1. The van der Waals surface area contributed by atoms with Crippen LogP contribution in [0.4, 0.5) is 5.69 Å².